The molecule has 0 radical (unpaired) electrons. The summed E-state index contributed by atoms with van der Waals surface area (Å²) in [6.07, 6.45) is 0.475. The summed E-state index contributed by atoms with van der Waals surface area (Å²) in [4.78, 5) is 0.995. The summed E-state index contributed by atoms with van der Waals surface area (Å²) < 4.78 is 19.5. The molecule has 1 aromatic carbocycles. The number of rotatable bonds is 4. The van der Waals surface area contributed by atoms with Crippen LogP contribution in [0.4, 0.5) is 4.39 Å². The molecule has 1 aromatic heterocycles. The molecule has 0 aliphatic heterocycles. The number of ether oxygens (including phenoxy) is 1. The van der Waals surface area contributed by atoms with Crippen LogP contribution in [0.2, 0.25) is 0 Å². The molecule has 0 aliphatic rings. The smallest absolute Gasteiger partial charge is 0.129 e. The maximum absolute atomic E-state index is 13.7. The molecule has 0 amide bonds. The lowest BCUT2D eigenvalue weighted by molar-refractivity contribution is 0.416. The van der Waals surface area contributed by atoms with Gasteiger partial charge in [-0.1, -0.05) is 22.0 Å². The zero-order chi connectivity index (χ0) is 13.1. The monoisotopic (exact) mass is 329 g/mol. The summed E-state index contributed by atoms with van der Waals surface area (Å²) in [6, 6.07) is 6.71. The van der Waals surface area contributed by atoms with Crippen LogP contribution in [0.25, 0.3) is 0 Å². The van der Waals surface area contributed by atoms with Crippen molar-refractivity contribution in [3.63, 3.8) is 0 Å². The zero-order valence-corrected chi connectivity index (χ0v) is 12.2. The van der Waals surface area contributed by atoms with Gasteiger partial charge in [-0.2, -0.15) is 0 Å². The Morgan fingerprint density at radius 2 is 2.22 bits per heavy atom. The van der Waals surface area contributed by atoms with E-state index < -0.39 is 0 Å². The lowest BCUT2D eigenvalue weighted by atomic mass is 10.0. The highest BCUT2D eigenvalue weighted by atomic mass is 79.9. The second-order valence-corrected chi connectivity index (χ2v) is 5.79. The highest BCUT2D eigenvalue weighted by Crippen LogP contribution is 2.28. The van der Waals surface area contributed by atoms with Crippen molar-refractivity contribution in [2.75, 3.05) is 7.11 Å². The molecule has 2 nitrogen and oxygen atoms in total. The molecule has 2 aromatic rings. The molecule has 1 atom stereocenters. The topological polar surface area (TPSA) is 35.2 Å². The van der Waals surface area contributed by atoms with Gasteiger partial charge in [-0.05, 0) is 30.2 Å². The van der Waals surface area contributed by atoms with E-state index in [-0.39, 0.29) is 11.9 Å². The fraction of sp³-hybridized carbons (Fsp3) is 0.231. The van der Waals surface area contributed by atoms with E-state index in [9.17, 15) is 4.39 Å². The Balaban J connectivity index is 2.13. The first kappa shape index (κ1) is 13.5. The van der Waals surface area contributed by atoms with Crippen molar-refractivity contribution in [1.82, 2.24) is 0 Å². The summed E-state index contributed by atoms with van der Waals surface area (Å²) in [5.74, 6) is 0.560. The maximum Gasteiger partial charge on any atom is 0.129 e. The summed E-state index contributed by atoms with van der Waals surface area (Å²) >= 11 is 4.76. The van der Waals surface area contributed by atoms with Gasteiger partial charge >= 0.3 is 0 Å². The number of benzene rings is 1. The third-order valence-electron chi connectivity index (χ3n) is 2.65. The number of hydrogen-bond acceptors (Lipinski definition) is 3. The van der Waals surface area contributed by atoms with Gasteiger partial charge in [0.1, 0.15) is 11.6 Å². The predicted octanol–water partition coefficient (Wildman–Crippen LogP) is 3.90. The van der Waals surface area contributed by atoms with Crippen LogP contribution < -0.4 is 10.5 Å². The van der Waals surface area contributed by atoms with Crippen molar-refractivity contribution in [3.05, 3.63) is 50.4 Å². The zero-order valence-electron chi connectivity index (χ0n) is 9.82. The van der Waals surface area contributed by atoms with E-state index in [0.29, 0.717) is 12.0 Å². The van der Waals surface area contributed by atoms with Gasteiger partial charge in [0.2, 0.25) is 0 Å². The van der Waals surface area contributed by atoms with E-state index >= 15 is 0 Å². The van der Waals surface area contributed by atoms with Crippen LogP contribution in [0.1, 0.15) is 16.5 Å². The highest BCUT2D eigenvalue weighted by Gasteiger charge is 2.13. The van der Waals surface area contributed by atoms with Crippen LogP contribution in [-0.2, 0) is 6.42 Å². The number of hydrogen-bond donors (Lipinski definition) is 1. The minimum Gasteiger partial charge on any atom is -0.496 e. The summed E-state index contributed by atoms with van der Waals surface area (Å²) in [5.41, 5.74) is 6.70. The Hall–Kier alpha value is -0.910. The van der Waals surface area contributed by atoms with Gasteiger partial charge in [-0.15, -0.1) is 11.3 Å². The van der Waals surface area contributed by atoms with E-state index in [1.165, 1.54) is 17.4 Å². The minimum absolute atomic E-state index is 0.213. The normalized spacial score (nSPS) is 12.4. The Morgan fingerprint density at radius 1 is 1.44 bits per heavy atom. The van der Waals surface area contributed by atoms with Crippen LogP contribution >= 0.6 is 27.3 Å². The van der Waals surface area contributed by atoms with E-state index in [2.05, 4.69) is 15.9 Å². The van der Waals surface area contributed by atoms with Crippen LogP contribution in [0.5, 0.6) is 5.75 Å². The number of nitrogens with two attached hydrogens (primary N) is 1. The van der Waals surface area contributed by atoms with Crippen molar-refractivity contribution >= 4 is 27.3 Å². The Morgan fingerprint density at radius 3 is 2.83 bits per heavy atom. The molecule has 0 spiro atoms. The van der Waals surface area contributed by atoms with Crippen molar-refractivity contribution in [3.8, 4) is 5.75 Å². The molecule has 5 heteroatoms. The van der Waals surface area contributed by atoms with Crippen molar-refractivity contribution < 1.29 is 9.13 Å². The van der Waals surface area contributed by atoms with Crippen LogP contribution in [-0.4, -0.2) is 7.11 Å². The van der Waals surface area contributed by atoms with Crippen LogP contribution in [0.15, 0.2) is 34.1 Å². The van der Waals surface area contributed by atoms with Gasteiger partial charge in [0.25, 0.3) is 0 Å². The van der Waals surface area contributed by atoms with E-state index in [4.69, 9.17) is 10.5 Å². The van der Waals surface area contributed by atoms with Gasteiger partial charge in [-0.25, -0.2) is 4.39 Å². The second-order valence-electron chi connectivity index (χ2n) is 3.94. The summed E-state index contributed by atoms with van der Waals surface area (Å²) in [6.45, 7) is 0. The molecule has 1 heterocycles. The third kappa shape index (κ3) is 3.10. The molecule has 18 heavy (non-hydrogen) atoms. The summed E-state index contributed by atoms with van der Waals surface area (Å²) in [5, 5.41) is 1.90. The first-order chi connectivity index (χ1) is 8.60. The molecule has 0 bridgehead atoms. The lowest BCUT2D eigenvalue weighted by Gasteiger charge is -2.10. The Labute approximate surface area is 118 Å². The quantitative estimate of drug-likeness (QED) is 0.923. The molecule has 2 rings (SSSR count). The largest absolute Gasteiger partial charge is 0.496 e. The molecule has 0 saturated heterocycles. The second kappa shape index (κ2) is 5.82. The van der Waals surface area contributed by atoms with Crippen molar-refractivity contribution in [1.29, 1.82) is 0 Å². The number of thiophene rings is 1. The standard InChI is InChI=1S/C13H13BrFNOS/c1-17-10-6-13(18-7-10)12(16)4-8-2-3-9(14)5-11(8)15/h2-3,5-7,12H,4,16H2,1H3. The molecular weight excluding hydrogens is 317 g/mol. The highest BCUT2D eigenvalue weighted by molar-refractivity contribution is 9.10. The SMILES string of the molecule is COc1csc(C(N)Cc2ccc(Br)cc2F)c1. The van der Waals surface area contributed by atoms with Crippen molar-refractivity contribution in [2.24, 2.45) is 5.73 Å². The maximum atomic E-state index is 13.7. The van der Waals surface area contributed by atoms with Crippen LogP contribution in [0, 0.1) is 5.82 Å². The average molecular weight is 330 g/mol. The summed E-state index contributed by atoms with van der Waals surface area (Å²) in [7, 11) is 1.62. The Kier molecular flexibility index (Phi) is 4.37. The van der Waals surface area contributed by atoms with Crippen LogP contribution in [0.3, 0.4) is 0 Å². The molecule has 2 N–H and O–H groups in total. The van der Waals surface area contributed by atoms with Gasteiger partial charge in [0, 0.05) is 20.8 Å². The molecule has 0 aliphatic carbocycles. The Bertz CT molecular complexity index is 544. The molecule has 1 unspecified atom stereocenters. The lowest BCUT2D eigenvalue weighted by Crippen LogP contribution is -2.12. The van der Waals surface area contributed by atoms with E-state index in [0.717, 1.165) is 15.1 Å². The minimum atomic E-state index is -0.233. The third-order valence-corrected chi connectivity index (χ3v) is 4.19. The van der Waals surface area contributed by atoms with E-state index in [1.807, 2.05) is 17.5 Å². The van der Waals surface area contributed by atoms with Crippen molar-refractivity contribution in [2.45, 2.75) is 12.5 Å². The fourth-order valence-corrected chi connectivity index (χ4v) is 2.85. The fourth-order valence-electron chi connectivity index (χ4n) is 1.66. The van der Waals surface area contributed by atoms with E-state index in [1.54, 1.807) is 13.2 Å². The molecule has 0 saturated carbocycles. The van der Waals surface area contributed by atoms with Gasteiger partial charge in [-0.3, -0.25) is 0 Å². The predicted molar refractivity (Wildman–Crippen MR) is 75.6 cm³/mol. The molecule has 96 valence electrons. The van der Waals surface area contributed by atoms with Gasteiger partial charge < -0.3 is 10.5 Å². The average Bonchev–Trinajstić information content (AvgIpc) is 2.81. The number of methoxy groups -OCH3 is 1. The first-order valence-corrected chi connectivity index (χ1v) is 7.09. The number of halogens is 2. The van der Waals surface area contributed by atoms with Gasteiger partial charge in [0.15, 0.2) is 0 Å². The molecular formula is C13H13BrFNOS. The first-order valence-electron chi connectivity index (χ1n) is 5.42. The van der Waals surface area contributed by atoms with Gasteiger partial charge in [0.05, 0.1) is 7.11 Å². The molecule has 0 fully saturated rings.